The summed E-state index contributed by atoms with van der Waals surface area (Å²) in [5, 5.41) is 2.51. The zero-order chi connectivity index (χ0) is 27.6. The van der Waals surface area contributed by atoms with Crippen LogP contribution in [0.15, 0.2) is 42.6 Å². The van der Waals surface area contributed by atoms with E-state index in [-0.39, 0.29) is 35.0 Å². The summed E-state index contributed by atoms with van der Waals surface area (Å²) >= 11 is 0. The van der Waals surface area contributed by atoms with Gasteiger partial charge in [0.05, 0.1) is 19.1 Å². The molecule has 0 bridgehead atoms. The number of sulfonamides is 1. The second kappa shape index (κ2) is 11.0. The van der Waals surface area contributed by atoms with Crippen LogP contribution in [0.4, 0.5) is 23.5 Å². The first-order valence-electron chi connectivity index (χ1n) is 11.4. The number of rotatable bonds is 10. The molecule has 0 aliphatic heterocycles. The summed E-state index contributed by atoms with van der Waals surface area (Å²) in [5.41, 5.74) is -0.0276. The van der Waals surface area contributed by atoms with E-state index in [0.29, 0.717) is 18.5 Å². The summed E-state index contributed by atoms with van der Waals surface area (Å²) in [6.45, 7) is -1.34. The van der Waals surface area contributed by atoms with Gasteiger partial charge in [-0.2, -0.15) is 4.39 Å². The molecule has 1 heterocycles. The van der Waals surface area contributed by atoms with E-state index in [2.05, 4.69) is 15.0 Å². The highest BCUT2D eigenvalue weighted by molar-refractivity contribution is 7.88. The molecular weight excluding hydrogens is 532 g/mol. The van der Waals surface area contributed by atoms with Crippen molar-refractivity contribution >= 4 is 21.9 Å². The third-order valence-corrected chi connectivity index (χ3v) is 6.62. The number of hydrogen-bond acceptors (Lipinski definition) is 6. The van der Waals surface area contributed by atoms with Gasteiger partial charge < -0.3 is 9.47 Å². The van der Waals surface area contributed by atoms with Crippen molar-refractivity contribution in [2.75, 3.05) is 25.4 Å². The summed E-state index contributed by atoms with van der Waals surface area (Å²) in [6.07, 6.45) is 1.09. The summed E-state index contributed by atoms with van der Waals surface area (Å²) < 4.78 is 91.4. The molecule has 1 aromatic heterocycles. The summed E-state index contributed by atoms with van der Waals surface area (Å²) in [5.74, 6) is -3.10. The second-order valence-electron chi connectivity index (χ2n) is 8.72. The number of methoxy groups -OCH3 is 1. The molecule has 0 spiro atoms. The molecule has 2 aromatic carbocycles. The molecule has 1 amide bonds. The number of anilines is 1. The molecule has 1 atom stereocenters. The normalized spacial score (nSPS) is 17.9. The van der Waals surface area contributed by atoms with E-state index in [1.54, 1.807) is 0 Å². The lowest BCUT2D eigenvalue weighted by Crippen LogP contribution is -2.42. The highest BCUT2D eigenvalue weighted by Gasteiger charge is 2.35. The molecular formula is C24H24F4N4O5S. The Labute approximate surface area is 215 Å². The molecule has 9 nitrogen and oxygen atoms in total. The van der Waals surface area contributed by atoms with Crippen molar-refractivity contribution in [2.45, 2.75) is 31.2 Å². The molecule has 204 valence electrons. The van der Waals surface area contributed by atoms with Crippen molar-refractivity contribution in [1.82, 2.24) is 14.3 Å². The highest BCUT2D eigenvalue weighted by Crippen LogP contribution is 2.38. The Kier molecular flexibility index (Phi) is 7.92. The predicted molar refractivity (Wildman–Crippen MR) is 130 cm³/mol. The molecule has 0 radical (unpaired) electrons. The third-order valence-electron chi connectivity index (χ3n) is 5.86. The number of amides is 1. The number of carbonyl (C=O) groups is 1. The van der Waals surface area contributed by atoms with Crippen LogP contribution in [0.25, 0.3) is 5.69 Å². The molecule has 0 saturated heterocycles. The number of aromatic nitrogens is 2. The number of nitrogens with zero attached hydrogens (tertiary/aromatic N) is 2. The first kappa shape index (κ1) is 27.4. The molecule has 1 fully saturated rings. The molecule has 1 unspecified atom stereocenters. The van der Waals surface area contributed by atoms with Crippen LogP contribution >= 0.6 is 0 Å². The number of benzene rings is 2. The van der Waals surface area contributed by atoms with Crippen LogP contribution in [0.1, 0.15) is 34.8 Å². The van der Waals surface area contributed by atoms with E-state index >= 15 is 0 Å². The smallest absolute Gasteiger partial charge is 0.266 e. The third kappa shape index (κ3) is 6.25. The van der Waals surface area contributed by atoms with E-state index in [1.165, 1.54) is 37.6 Å². The van der Waals surface area contributed by atoms with Crippen LogP contribution in [0.3, 0.4) is 0 Å². The molecule has 1 aliphatic rings. The van der Waals surface area contributed by atoms with Crippen molar-refractivity contribution in [1.29, 1.82) is 0 Å². The maximum absolute atomic E-state index is 14.9. The average Bonchev–Trinajstić information content (AvgIpc) is 3.22. The Balaban J connectivity index is 1.62. The Morgan fingerprint density at radius 1 is 1.16 bits per heavy atom. The van der Waals surface area contributed by atoms with Gasteiger partial charge in [0.15, 0.2) is 18.3 Å². The maximum Gasteiger partial charge on any atom is 0.266 e. The fourth-order valence-electron chi connectivity index (χ4n) is 4.04. The van der Waals surface area contributed by atoms with Crippen LogP contribution in [0, 0.1) is 11.6 Å². The average molecular weight is 557 g/mol. The highest BCUT2D eigenvalue weighted by atomic mass is 32.2. The molecule has 1 aliphatic carbocycles. The van der Waals surface area contributed by atoms with Crippen molar-refractivity contribution in [3.05, 3.63) is 65.5 Å². The van der Waals surface area contributed by atoms with Gasteiger partial charge in [-0.15, -0.1) is 0 Å². The molecule has 38 heavy (non-hydrogen) atoms. The van der Waals surface area contributed by atoms with Gasteiger partial charge in [-0.05, 0) is 37.1 Å². The monoisotopic (exact) mass is 556 g/mol. The van der Waals surface area contributed by atoms with Gasteiger partial charge in [0.2, 0.25) is 16.0 Å². The SMILES string of the molecule is COc1cc(F)c(-n2cc(C3CC(NS(C)(=O)=O)C3)nc2NC(=O)c2ccc(OC(F)CF)cc2)c(F)c1. The zero-order valence-corrected chi connectivity index (χ0v) is 21.1. The van der Waals surface area contributed by atoms with Crippen molar-refractivity contribution in [3.8, 4) is 17.2 Å². The van der Waals surface area contributed by atoms with E-state index in [4.69, 9.17) is 9.47 Å². The van der Waals surface area contributed by atoms with Crippen molar-refractivity contribution in [2.24, 2.45) is 0 Å². The van der Waals surface area contributed by atoms with Crippen LogP contribution in [0.5, 0.6) is 11.5 Å². The minimum Gasteiger partial charge on any atom is -0.497 e. The molecule has 14 heteroatoms. The van der Waals surface area contributed by atoms with Crippen molar-refractivity contribution < 1.29 is 40.2 Å². The Morgan fingerprint density at radius 3 is 2.34 bits per heavy atom. The number of carbonyl (C=O) groups excluding carboxylic acids is 1. The zero-order valence-electron chi connectivity index (χ0n) is 20.3. The second-order valence-corrected chi connectivity index (χ2v) is 10.5. The standard InChI is InChI=1S/C24H24F4N4O5S/c1-36-17-9-18(26)22(19(27)10-17)32-12-20(14-7-15(8-14)31-38(2,34)35)29-24(32)30-23(33)13-3-5-16(6-4-13)37-21(28)11-25/h3-6,9-10,12,14-15,21,31H,7-8,11H2,1-2H3,(H,29,30,33). The minimum absolute atomic E-state index is 0.0000944. The van der Waals surface area contributed by atoms with E-state index in [9.17, 15) is 30.8 Å². The number of imidazole rings is 1. The lowest BCUT2D eigenvalue weighted by Gasteiger charge is -2.34. The fourth-order valence-corrected chi connectivity index (χ4v) is 4.84. The molecule has 2 N–H and O–H groups in total. The summed E-state index contributed by atoms with van der Waals surface area (Å²) in [4.78, 5) is 17.3. The van der Waals surface area contributed by atoms with Crippen LogP contribution in [0.2, 0.25) is 0 Å². The van der Waals surface area contributed by atoms with Crippen LogP contribution < -0.4 is 19.5 Å². The first-order chi connectivity index (χ1) is 18.0. The summed E-state index contributed by atoms with van der Waals surface area (Å²) in [7, 11) is -2.15. The number of halogens is 4. The van der Waals surface area contributed by atoms with Crippen molar-refractivity contribution in [3.63, 3.8) is 0 Å². The number of ether oxygens (including phenoxy) is 2. The Hall–Kier alpha value is -3.65. The number of alkyl halides is 2. The van der Waals surface area contributed by atoms with Gasteiger partial charge in [-0.3, -0.25) is 14.7 Å². The van der Waals surface area contributed by atoms with Gasteiger partial charge in [-0.1, -0.05) is 0 Å². The van der Waals surface area contributed by atoms with Crippen LogP contribution in [-0.4, -0.2) is 56.3 Å². The van der Waals surface area contributed by atoms with Gasteiger partial charge in [0, 0.05) is 35.9 Å². The summed E-state index contributed by atoms with van der Waals surface area (Å²) in [6, 6.07) is 6.77. The fraction of sp³-hybridized carbons (Fsp3) is 0.333. The van der Waals surface area contributed by atoms with E-state index < -0.39 is 46.3 Å². The Bertz CT molecular complexity index is 1400. The van der Waals surface area contributed by atoms with Crippen LogP contribution in [-0.2, 0) is 10.0 Å². The number of nitrogens with one attached hydrogen (secondary N) is 2. The number of hydrogen-bond donors (Lipinski definition) is 2. The molecule has 3 aromatic rings. The van der Waals surface area contributed by atoms with Gasteiger partial charge in [0.1, 0.15) is 17.2 Å². The largest absolute Gasteiger partial charge is 0.497 e. The topological polar surface area (TPSA) is 112 Å². The van der Waals surface area contributed by atoms with Gasteiger partial charge in [0.25, 0.3) is 12.3 Å². The maximum atomic E-state index is 14.9. The molecule has 1 saturated carbocycles. The predicted octanol–water partition coefficient (Wildman–Crippen LogP) is 3.85. The quantitative estimate of drug-likeness (QED) is 0.367. The minimum atomic E-state index is -3.40. The van der Waals surface area contributed by atoms with Gasteiger partial charge in [-0.25, -0.2) is 31.3 Å². The van der Waals surface area contributed by atoms with Gasteiger partial charge >= 0.3 is 0 Å². The first-order valence-corrected chi connectivity index (χ1v) is 13.2. The Morgan fingerprint density at radius 2 is 1.79 bits per heavy atom. The lowest BCUT2D eigenvalue weighted by molar-refractivity contribution is 0.0434. The molecule has 4 rings (SSSR count). The van der Waals surface area contributed by atoms with E-state index in [0.717, 1.165) is 23.0 Å². The lowest BCUT2D eigenvalue weighted by atomic mass is 9.79. The van der Waals surface area contributed by atoms with E-state index in [1.807, 2.05) is 0 Å².